The number of alkyl halides is 3. The smallest absolute Gasteiger partial charge is 0.417 e. The lowest BCUT2D eigenvalue weighted by Gasteiger charge is -2.10. The van der Waals surface area contributed by atoms with Gasteiger partial charge in [0.1, 0.15) is 0 Å². The average Bonchev–Trinajstić information content (AvgIpc) is 2.16. The predicted octanol–water partition coefficient (Wildman–Crippen LogP) is 3.35. The van der Waals surface area contributed by atoms with Crippen LogP contribution in [0.25, 0.3) is 10.4 Å². The molecule has 84 valence electrons. The van der Waals surface area contributed by atoms with Gasteiger partial charge in [-0.1, -0.05) is 11.2 Å². The number of carboxylic acid groups (broad SMARTS) is 1. The fourth-order valence-electron chi connectivity index (χ4n) is 1.07. The number of carbonyl (C=O) groups is 1. The van der Waals surface area contributed by atoms with Crippen LogP contribution in [0.3, 0.4) is 0 Å². The van der Waals surface area contributed by atoms with Gasteiger partial charge in [-0.25, -0.2) is 4.79 Å². The molecule has 0 spiro atoms. The number of carboxylic acids is 1. The second-order valence-corrected chi connectivity index (χ2v) is 2.72. The third-order valence-corrected chi connectivity index (χ3v) is 1.70. The van der Waals surface area contributed by atoms with E-state index in [1.54, 1.807) is 0 Å². The van der Waals surface area contributed by atoms with E-state index in [-0.39, 0.29) is 5.69 Å². The number of aromatic carboxylic acids is 1. The highest BCUT2D eigenvalue weighted by molar-refractivity contribution is 5.90. The van der Waals surface area contributed by atoms with Crippen molar-refractivity contribution in [2.45, 2.75) is 6.18 Å². The molecule has 0 unspecified atom stereocenters. The van der Waals surface area contributed by atoms with Gasteiger partial charge >= 0.3 is 12.1 Å². The first kappa shape index (κ1) is 11.9. The highest BCUT2D eigenvalue weighted by atomic mass is 19.4. The van der Waals surface area contributed by atoms with Crippen molar-refractivity contribution in [3.8, 4) is 0 Å². The summed E-state index contributed by atoms with van der Waals surface area (Å²) in [4.78, 5) is 12.8. The molecule has 1 aromatic rings. The first-order valence-electron chi connectivity index (χ1n) is 3.86. The number of rotatable bonds is 2. The van der Waals surface area contributed by atoms with E-state index in [1.807, 2.05) is 0 Å². The Kier molecular flexibility index (Phi) is 3.05. The molecule has 0 bridgehead atoms. The Hall–Kier alpha value is -2.21. The zero-order chi connectivity index (χ0) is 12.3. The largest absolute Gasteiger partial charge is 0.478 e. The number of benzene rings is 1. The Labute approximate surface area is 86.7 Å². The molecule has 1 aromatic carbocycles. The summed E-state index contributed by atoms with van der Waals surface area (Å²) in [5.74, 6) is -1.69. The fraction of sp³-hybridized carbons (Fsp3) is 0.125. The van der Waals surface area contributed by atoms with Crippen LogP contribution in [0.2, 0.25) is 0 Å². The van der Waals surface area contributed by atoms with E-state index in [4.69, 9.17) is 10.6 Å². The summed E-state index contributed by atoms with van der Waals surface area (Å²) >= 11 is 0. The van der Waals surface area contributed by atoms with E-state index >= 15 is 0 Å². The lowest BCUT2D eigenvalue weighted by atomic mass is 10.1. The molecule has 0 aliphatic carbocycles. The maximum atomic E-state index is 12.4. The zero-order valence-corrected chi connectivity index (χ0v) is 7.56. The normalized spacial score (nSPS) is 10.7. The van der Waals surface area contributed by atoms with Gasteiger partial charge in [0.05, 0.1) is 11.1 Å². The molecular formula is C8H4F3N3O2. The third-order valence-electron chi connectivity index (χ3n) is 1.70. The van der Waals surface area contributed by atoms with Gasteiger partial charge in [0, 0.05) is 10.6 Å². The summed E-state index contributed by atoms with van der Waals surface area (Å²) in [5.41, 5.74) is 5.53. The molecule has 1 rings (SSSR count). The highest BCUT2D eigenvalue weighted by Crippen LogP contribution is 2.34. The van der Waals surface area contributed by atoms with E-state index in [0.29, 0.717) is 6.07 Å². The number of hydrogen-bond donors (Lipinski definition) is 1. The van der Waals surface area contributed by atoms with Gasteiger partial charge in [0.15, 0.2) is 0 Å². The highest BCUT2D eigenvalue weighted by Gasteiger charge is 2.35. The minimum absolute atomic E-state index is 0.292. The molecular weight excluding hydrogens is 227 g/mol. The van der Waals surface area contributed by atoms with E-state index in [9.17, 15) is 18.0 Å². The van der Waals surface area contributed by atoms with Gasteiger partial charge in [-0.3, -0.25) is 0 Å². The molecule has 16 heavy (non-hydrogen) atoms. The van der Waals surface area contributed by atoms with Crippen LogP contribution in [-0.2, 0) is 6.18 Å². The minimum Gasteiger partial charge on any atom is -0.478 e. The summed E-state index contributed by atoms with van der Waals surface area (Å²) in [7, 11) is 0. The number of azide groups is 1. The molecule has 0 aliphatic heterocycles. The third kappa shape index (κ3) is 2.43. The minimum atomic E-state index is -4.81. The quantitative estimate of drug-likeness (QED) is 0.480. The second-order valence-electron chi connectivity index (χ2n) is 2.72. The van der Waals surface area contributed by atoms with Crippen molar-refractivity contribution in [2.24, 2.45) is 5.11 Å². The van der Waals surface area contributed by atoms with Crippen LogP contribution in [0.4, 0.5) is 18.9 Å². The summed E-state index contributed by atoms with van der Waals surface area (Å²) in [6.45, 7) is 0. The van der Waals surface area contributed by atoms with Crippen molar-refractivity contribution in [2.75, 3.05) is 0 Å². The molecule has 0 radical (unpaired) electrons. The standard InChI is InChI=1S/C8H4F3N3O2/c9-8(10,11)6-3-4(13-14-12)1-2-5(6)7(15)16/h1-3H,(H,15,16). The lowest BCUT2D eigenvalue weighted by molar-refractivity contribution is -0.138. The molecule has 0 fully saturated rings. The first-order chi connectivity index (χ1) is 7.36. The molecule has 0 atom stereocenters. The van der Waals surface area contributed by atoms with Crippen molar-refractivity contribution < 1.29 is 23.1 Å². The summed E-state index contributed by atoms with van der Waals surface area (Å²) in [6, 6.07) is 2.23. The molecule has 1 N–H and O–H groups in total. The summed E-state index contributed by atoms with van der Waals surface area (Å²) in [5, 5.41) is 11.5. The Balaban J connectivity index is 3.44. The Morgan fingerprint density at radius 1 is 1.44 bits per heavy atom. The van der Waals surface area contributed by atoms with E-state index in [0.717, 1.165) is 12.1 Å². The first-order valence-corrected chi connectivity index (χ1v) is 3.86. The fourth-order valence-corrected chi connectivity index (χ4v) is 1.07. The SMILES string of the molecule is [N-]=[N+]=Nc1ccc(C(=O)O)c(C(F)(F)F)c1. The molecule has 0 amide bonds. The van der Waals surface area contributed by atoms with Gasteiger partial charge in [0.25, 0.3) is 0 Å². The molecule has 0 aliphatic rings. The second kappa shape index (κ2) is 4.11. The van der Waals surface area contributed by atoms with Crippen LogP contribution in [0.15, 0.2) is 23.3 Å². The van der Waals surface area contributed by atoms with Crippen molar-refractivity contribution >= 4 is 11.7 Å². The molecule has 0 heterocycles. The summed E-state index contributed by atoms with van der Waals surface area (Å²) in [6.07, 6.45) is -4.81. The van der Waals surface area contributed by atoms with E-state index in [2.05, 4.69) is 10.0 Å². The predicted molar refractivity (Wildman–Crippen MR) is 47.2 cm³/mol. The van der Waals surface area contributed by atoms with Crippen LogP contribution in [0.5, 0.6) is 0 Å². The van der Waals surface area contributed by atoms with Gasteiger partial charge in [0.2, 0.25) is 0 Å². The van der Waals surface area contributed by atoms with Crippen LogP contribution >= 0.6 is 0 Å². The molecule has 0 saturated carbocycles. The maximum absolute atomic E-state index is 12.4. The van der Waals surface area contributed by atoms with Crippen LogP contribution in [-0.4, -0.2) is 11.1 Å². The average molecular weight is 231 g/mol. The van der Waals surface area contributed by atoms with E-state index < -0.39 is 23.3 Å². The van der Waals surface area contributed by atoms with Crippen molar-refractivity contribution in [1.29, 1.82) is 0 Å². The number of halogens is 3. The lowest BCUT2D eigenvalue weighted by Crippen LogP contribution is -2.12. The van der Waals surface area contributed by atoms with Crippen LogP contribution in [0, 0.1) is 0 Å². The Bertz CT molecular complexity index is 478. The van der Waals surface area contributed by atoms with Gasteiger partial charge in [-0.2, -0.15) is 13.2 Å². The van der Waals surface area contributed by atoms with E-state index in [1.165, 1.54) is 0 Å². The number of hydrogen-bond acceptors (Lipinski definition) is 2. The van der Waals surface area contributed by atoms with Gasteiger partial charge in [-0.05, 0) is 17.7 Å². The monoisotopic (exact) mass is 231 g/mol. The van der Waals surface area contributed by atoms with Crippen molar-refractivity contribution in [3.05, 3.63) is 39.8 Å². The molecule has 8 heteroatoms. The Morgan fingerprint density at radius 2 is 2.06 bits per heavy atom. The van der Waals surface area contributed by atoms with Crippen molar-refractivity contribution in [3.63, 3.8) is 0 Å². The van der Waals surface area contributed by atoms with Gasteiger partial charge < -0.3 is 5.11 Å². The molecule has 0 aromatic heterocycles. The maximum Gasteiger partial charge on any atom is 0.417 e. The number of nitrogens with zero attached hydrogens (tertiary/aromatic N) is 3. The summed E-state index contributed by atoms with van der Waals surface area (Å²) < 4.78 is 37.3. The van der Waals surface area contributed by atoms with Gasteiger partial charge in [-0.15, -0.1) is 0 Å². The molecule has 5 nitrogen and oxygen atoms in total. The van der Waals surface area contributed by atoms with Crippen molar-refractivity contribution in [1.82, 2.24) is 0 Å². The molecule has 0 saturated heterocycles. The topological polar surface area (TPSA) is 86.1 Å². The Morgan fingerprint density at radius 3 is 2.50 bits per heavy atom. The zero-order valence-electron chi connectivity index (χ0n) is 7.56. The van der Waals surface area contributed by atoms with Crippen LogP contribution < -0.4 is 0 Å². The van der Waals surface area contributed by atoms with Crippen LogP contribution in [0.1, 0.15) is 15.9 Å².